The van der Waals surface area contributed by atoms with E-state index >= 15 is 0 Å². The van der Waals surface area contributed by atoms with Gasteiger partial charge in [-0.25, -0.2) is 4.98 Å². The second-order valence-electron chi connectivity index (χ2n) is 7.48. The first-order chi connectivity index (χ1) is 13.2. The Morgan fingerprint density at radius 3 is 2.78 bits per heavy atom. The second kappa shape index (κ2) is 8.80. The molecule has 0 spiro atoms. The van der Waals surface area contributed by atoms with E-state index in [2.05, 4.69) is 31.6 Å². The molecule has 0 N–H and O–H groups in total. The molecule has 0 aliphatic carbocycles. The van der Waals surface area contributed by atoms with E-state index in [4.69, 9.17) is 16.3 Å². The van der Waals surface area contributed by atoms with Crippen LogP contribution in [-0.2, 0) is 17.0 Å². The number of nitrogens with zero attached hydrogens (tertiary/aromatic N) is 5. The van der Waals surface area contributed by atoms with E-state index in [-0.39, 0.29) is 6.10 Å². The van der Waals surface area contributed by atoms with Crippen LogP contribution in [0.4, 0.5) is 5.95 Å². The molecule has 0 aromatic carbocycles. The highest BCUT2D eigenvalue weighted by Crippen LogP contribution is 2.29. The third-order valence-electron chi connectivity index (χ3n) is 5.33. The number of anilines is 1. The fraction of sp³-hybridized carbons (Fsp3) is 0.632. The highest BCUT2D eigenvalue weighted by molar-refractivity contribution is 7.98. The molecule has 4 heterocycles. The lowest BCUT2D eigenvalue weighted by atomic mass is 10.00. The molecule has 2 aromatic heterocycles. The summed E-state index contributed by atoms with van der Waals surface area (Å²) in [5.74, 6) is 2.58. The van der Waals surface area contributed by atoms with Gasteiger partial charge in [0.2, 0.25) is 5.95 Å². The van der Waals surface area contributed by atoms with Gasteiger partial charge in [-0.3, -0.25) is 4.57 Å². The van der Waals surface area contributed by atoms with Crippen molar-refractivity contribution in [1.82, 2.24) is 19.7 Å². The van der Waals surface area contributed by atoms with E-state index < -0.39 is 0 Å². The molecule has 0 bridgehead atoms. The minimum atomic E-state index is 0.264. The summed E-state index contributed by atoms with van der Waals surface area (Å²) in [4.78, 5) is 6.55. The third-order valence-corrected chi connectivity index (χ3v) is 6.59. The number of piperidine rings is 1. The molecule has 146 valence electrons. The van der Waals surface area contributed by atoms with E-state index in [9.17, 15) is 0 Å². The van der Waals surface area contributed by atoms with Gasteiger partial charge >= 0.3 is 0 Å². The molecule has 2 aromatic rings. The van der Waals surface area contributed by atoms with E-state index in [1.165, 1.54) is 12.8 Å². The van der Waals surface area contributed by atoms with Crippen LogP contribution in [0.5, 0.6) is 0 Å². The number of pyridine rings is 1. The SMILES string of the molecule is CC1CCN(c2nnc(SCc3ccc(Cl)nc3)n2CC2CCCO2)CC1. The minimum Gasteiger partial charge on any atom is -0.376 e. The summed E-state index contributed by atoms with van der Waals surface area (Å²) in [6, 6.07) is 3.84. The molecule has 2 fully saturated rings. The second-order valence-corrected chi connectivity index (χ2v) is 8.81. The molecule has 1 unspecified atom stereocenters. The van der Waals surface area contributed by atoms with Crippen molar-refractivity contribution in [3.63, 3.8) is 0 Å². The Kier molecular flexibility index (Phi) is 6.20. The molecule has 8 heteroatoms. The zero-order chi connectivity index (χ0) is 18.6. The van der Waals surface area contributed by atoms with Crippen molar-refractivity contribution in [2.24, 2.45) is 5.92 Å². The Balaban J connectivity index is 1.51. The Bertz CT molecular complexity index is 739. The predicted molar refractivity (Wildman–Crippen MR) is 108 cm³/mol. The standard InChI is InChI=1S/C19H26ClN5OS/c1-14-6-8-24(9-7-14)18-22-23-19(25(18)12-16-3-2-10-26-16)27-13-15-4-5-17(20)21-11-15/h4-5,11,14,16H,2-3,6-10,12-13H2,1H3. The molecule has 0 radical (unpaired) electrons. The monoisotopic (exact) mass is 407 g/mol. The summed E-state index contributed by atoms with van der Waals surface area (Å²) in [5, 5.41) is 10.5. The maximum Gasteiger partial charge on any atom is 0.228 e. The van der Waals surface area contributed by atoms with Gasteiger partial charge in [0.15, 0.2) is 5.16 Å². The Labute approximate surface area is 169 Å². The molecular weight excluding hydrogens is 382 g/mol. The lowest BCUT2D eigenvalue weighted by Crippen LogP contribution is -2.35. The summed E-state index contributed by atoms with van der Waals surface area (Å²) in [5.41, 5.74) is 1.13. The summed E-state index contributed by atoms with van der Waals surface area (Å²) in [7, 11) is 0. The minimum absolute atomic E-state index is 0.264. The lowest BCUT2D eigenvalue weighted by Gasteiger charge is -2.31. The van der Waals surface area contributed by atoms with Gasteiger partial charge in [-0.1, -0.05) is 36.4 Å². The first-order valence-corrected chi connectivity index (χ1v) is 11.1. The fourth-order valence-corrected chi connectivity index (χ4v) is 4.61. The van der Waals surface area contributed by atoms with Crippen LogP contribution in [0.2, 0.25) is 5.15 Å². The third kappa shape index (κ3) is 4.76. The van der Waals surface area contributed by atoms with Crippen molar-refractivity contribution in [2.45, 2.75) is 56.2 Å². The molecule has 0 saturated carbocycles. The quantitative estimate of drug-likeness (QED) is 0.532. The van der Waals surface area contributed by atoms with E-state index in [0.29, 0.717) is 5.15 Å². The maximum absolute atomic E-state index is 5.89. The van der Waals surface area contributed by atoms with Crippen molar-refractivity contribution < 1.29 is 4.74 Å². The number of halogens is 1. The van der Waals surface area contributed by atoms with Crippen LogP contribution >= 0.6 is 23.4 Å². The Morgan fingerprint density at radius 2 is 2.07 bits per heavy atom. The number of rotatable bonds is 6. The molecule has 27 heavy (non-hydrogen) atoms. The fourth-order valence-electron chi connectivity index (χ4n) is 3.62. The normalized spacial score (nSPS) is 21.1. The zero-order valence-corrected chi connectivity index (χ0v) is 17.3. The topological polar surface area (TPSA) is 56.1 Å². The van der Waals surface area contributed by atoms with Crippen LogP contribution in [0.15, 0.2) is 23.5 Å². The van der Waals surface area contributed by atoms with Crippen molar-refractivity contribution in [3.8, 4) is 0 Å². The summed E-state index contributed by atoms with van der Waals surface area (Å²) in [6.07, 6.45) is 6.77. The van der Waals surface area contributed by atoms with Crippen LogP contribution in [0.3, 0.4) is 0 Å². The van der Waals surface area contributed by atoms with Gasteiger partial charge in [0.05, 0.1) is 12.6 Å². The van der Waals surface area contributed by atoms with Gasteiger partial charge in [-0.05, 0) is 43.2 Å². The van der Waals surface area contributed by atoms with Crippen molar-refractivity contribution in [2.75, 3.05) is 24.6 Å². The van der Waals surface area contributed by atoms with Crippen LogP contribution in [0.1, 0.15) is 38.2 Å². The van der Waals surface area contributed by atoms with Gasteiger partial charge in [0, 0.05) is 31.6 Å². The molecular formula is C19H26ClN5OS. The van der Waals surface area contributed by atoms with Gasteiger partial charge < -0.3 is 9.64 Å². The van der Waals surface area contributed by atoms with E-state index in [1.807, 2.05) is 18.3 Å². The number of ether oxygens (including phenoxy) is 1. The molecule has 4 rings (SSSR count). The van der Waals surface area contributed by atoms with Gasteiger partial charge in [0.25, 0.3) is 0 Å². The van der Waals surface area contributed by atoms with Gasteiger partial charge in [0.1, 0.15) is 5.15 Å². The van der Waals surface area contributed by atoms with E-state index in [0.717, 1.165) is 67.4 Å². The average Bonchev–Trinajstić information content (AvgIpc) is 3.33. The van der Waals surface area contributed by atoms with Crippen molar-refractivity contribution in [1.29, 1.82) is 0 Å². The van der Waals surface area contributed by atoms with Crippen LogP contribution < -0.4 is 4.90 Å². The molecule has 6 nitrogen and oxygen atoms in total. The van der Waals surface area contributed by atoms with Gasteiger partial charge in [-0.15, -0.1) is 10.2 Å². The lowest BCUT2D eigenvalue weighted by molar-refractivity contribution is 0.0951. The van der Waals surface area contributed by atoms with E-state index in [1.54, 1.807) is 11.8 Å². The van der Waals surface area contributed by atoms with Crippen LogP contribution in [-0.4, -0.2) is 45.5 Å². The van der Waals surface area contributed by atoms with Crippen LogP contribution in [0.25, 0.3) is 0 Å². The predicted octanol–water partition coefficient (Wildman–Crippen LogP) is 4.03. The molecule has 1 atom stereocenters. The highest BCUT2D eigenvalue weighted by Gasteiger charge is 2.25. The zero-order valence-electron chi connectivity index (χ0n) is 15.7. The Hall–Kier alpha value is -1.31. The number of thioether (sulfide) groups is 1. The molecule has 0 amide bonds. The summed E-state index contributed by atoms with van der Waals surface area (Å²) >= 11 is 7.58. The number of hydrogen-bond acceptors (Lipinski definition) is 6. The summed E-state index contributed by atoms with van der Waals surface area (Å²) in [6.45, 7) is 6.13. The number of hydrogen-bond donors (Lipinski definition) is 0. The molecule has 2 aliphatic rings. The van der Waals surface area contributed by atoms with Gasteiger partial charge in [-0.2, -0.15) is 0 Å². The van der Waals surface area contributed by atoms with Crippen LogP contribution in [0, 0.1) is 5.92 Å². The first kappa shape index (κ1) is 19.0. The molecule has 2 saturated heterocycles. The summed E-state index contributed by atoms with van der Waals surface area (Å²) < 4.78 is 8.15. The highest BCUT2D eigenvalue weighted by atomic mass is 35.5. The number of aromatic nitrogens is 4. The van der Waals surface area contributed by atoms with Crippen molar-refractivity contribution in [3.05, 3.63) is 29.0 Å². The first-order valence-electron chi connectivity index (χ1n) is 9.72. The maximum atomic E-state index is 5.89. The molecule has 2 aliphatic heterocycles. The van der Waals surface area contributed by atoms with Crippen molar-refractivity contribution >= 4 is 29.3 Å². The smallest absolute Gasteiger partial charge is 0.228 e. The Morgan fingerprint density at radius 1 is 1.22 bits per heavy atom. The largest absolute Gasteiger partial charge is 0.376 e. The average molecular weight is 408 g/mol.